The number of rotatable bonds is 6. The van der Waals surface area contributed by atoms with Crippen molar-refractivity contribution in [3.8, 4) is 23.7 Å². The Morgan fingerprint density at radius 2 is 1.68 bits per heavy atom. The van der Waals surface area contributed by atoms with E-state index in [4.69, 9.17) is 4.74 Å². The number of aliphatic hydroxyl groups is 5. The fourth-order valence-corrected chi connectivity index (χ4v) is 22.9. The summed E-state index contributed by atoms with van der Waals surface area (Å²) in [6, 6.07) is 16.7. The third-order valence-corrected chi connectivity index (χ3v) is 25.6. The van der Waals surface area contributed by atoms with Crippen molar-refractivity contribution >= 4 is 12.3 Å². The second kappa shape index (κ2) is 17.6. The molecular weight excluding hydrogens is 935 g/mol. The Bertz CT molecular complexity index is 2800. The lowest BCUT2D eigenvalue weighted by Crippen LogP contribution is -2.83. The lowest BCUT2D eigenvalue weighted by Gasteiger charge is -2.75. The molecule has 9 bridgehead atoms. The summed E-state index contributed by atoms with van der Waals surface area (Å²) < 4.78 is 6.46. The molecule has 9 fully saturated rings. The van der Waals surface area contributed by atoms with Crippen LogP contribution in [0.5, 0.6) is 0 Å². The van der Waals surface area contributed by atoms with Crippen LogP contribution in [0.4, 0.5) is 0 Å². The van der Waals surface area contributed by atoms with E-state index in [2.05, 4.69) is 66.3 Å². The van der Waals surface area contributed by atoms with E-state index in [1.807, 2.05) is 25.2 Å². The quantitative estimate of drug-likeness (QED) is 0.0948. The number of carbonyl (C=O) groups is 2. The molecule has 0 aromatic heterocycles. The Balaban J connectivity index is 0.998. The summed E-state index contributed by atoms with van der Waals surface area (Å²) in [6.45, 7) is 2.30. The predicted molar refractivity (Wildman–Crippen MR) is 284 cm³/mol. The van der Waals surface area contributed by atoms with Gasteiger partial charge in [0.05, 0.1) is 29.3 Å². The molecular formula is C66H81NO8. The maximum absolute atomic E-state index is 15.6. The molecule has 12 aliphatic carbocycles. The van der Waals surface area contributed by atoms with E-state index in [1.54, 1.807) is 6.08 Å². The van der Waals surface area contributed by atoms with Gasteiger partial charge in [-0.1, -0.05) is 92.8 Å². The Morgan fingerprint density at radius 3 is 2.47 bits per heavy atom. The van der Waals surface area contributed by atoms with Crippen molar-refractivity contribution in [2.24, 2.45) is 93.2 Å². The van der Waals surface area contributed by atoms with Crippen molar-refractivity contribution in [2.45, 2.75) is 183 Å². The third kappa shape index (κ3) is 6.50. The van der Waals surface area contributed by atoms with Gasteiger partial charge in [0.2, 0.25) is 0 Å². The number of carbonyl (C=O) groups excluding carboxylic acids is 2. The molecule has 2 aromatic carbocycles. The van der Waals surface area contributed by atoms with Crippen LogP contribution < -0.4 is 5.32 Å². The summed E-state index contributed by atoms with van der Waals surface area (Å²) >= 11 is 0. The molecule has 1 aliphatic heterocycles. The molecule has 2 aromatic rings. The Kier molecular flexibility index (Phi) is 11.6. The molecule has 75 heavy (non-hydrogen) atoms. The number of aldehydes is 1. The molecule has 6 N–H and O–H groups in total. The van der Waals surface area contributed by atoms with Crippen molar-refractivity contribution in [3.05, 3.63) is 82.4 Å². The molecule has 0 radical (unpaired) electrons. The third-order valence-electron chi connectivity index (χ3n) is 25.6. The Morgan fingerprint density at radius 1 is 0.867 bits per heavy atom. The molecule has 398 valence electrons. The maximum Gasteiger partial charge on any atom is 0.331 e. The molecule has 0 saturated heterocycles. The summed E-state index contributed by atoms with van der Waals surface area (Å²) in [5.74, 6) is 13.5. The average molecular weight is 1020 g/mol. The van der Waals surface area contributed by atoms with Crippen LogP contribution in [0.15, 0.2) is 60.2 Å². The van der Waals surface area contributed by atoms with Crippen molar-refractivity contribution in [1.29, 1.82) is 0 Å². The number of esters is 1. The lowest BCUT2D eigenvalue weighted by atomic mass is 9.31. The smallest absolute Gasteiger partial charge is 0.331 e. The van der Waals surface area contributed by atoms with E-state index in [9.17, 15) is 25.2 Å². The fraction of sp³-hybridized carbons (Fsp3) is 0.697. The number of fused-ring (bicyclic) bond motifs is 4. The summed E-state index contributed by atoms with van der Waals surface area (Å²) in [5, 5.41) is 72.8. The number of hydrogen-bond donors (Lipinski definition) is 6. The Hall–Kier alpha value is -3.80. The minimum atomic E-state index is -1.86. The van der Waals surface area contributed by atoms with Crippen LogP contribution in [0.3, 0.4) is 0 Å². The first kappa shape index (κ1) is 49.5. The molecule has 0 unspecified atom stereocenters. The minimum Gasteiger partial charge on any atom is -0.454 e. The first-order valence-electron chi connectivity index (χ1n) is 29.9. The van der Waals surface area contributed by atoms with Gasteiger partial charge < -0.3 is 40.4 Å². The summed E-state index contributed by atoms with van der Waals surface area (Å²) in [7, 11) is 1.95. The minimum absolute atomic E-state index is 0.118. The van der Waals surface area contributed by atoms with Crippen LogP contribution in [-0.2, 0) is 27.4 Å². The monoisotopic (exact) mass is 1020 g/mol. The number of nitrogens with one attached hydrogen (secondary N) is 1. The van der Waals surface area contributed by atoms with Gasteiger partial charge in [-0.05, 0) is 184 Å². The zero-order valence-electron chi connectivity index (χ0n) is 44.4. The van der Waals surface area contributed by atoms with Gasteiger partial charge in [0.15, 0.2) is 0 Å². The zero-order valence-corrected chi connectivity index (χ0v) is 44.4. The largest absolute Gasteiger partial charge is 0.454 e. The highest BCUT2D eigenvalue weighted by molar-refractivity contribution is 5.86. The Labute approximate surface area is 444 Å². The summed E-state index contributed by atoms with van der Waals surface area (Å²) in [6.07, 6.45) is 15.9. The molecule has 0 amide bonds. The fourth-order valence-electron chi connectivity index (χ4n) is 22.9. The van der Waals surface area contributed by atoms with Crippen LogP contribution in [0, 0.1) is 117 Å². The van der Waals surface area contributed by atoms with E-state index in [1.165, 1.54) is 31.2 Å². The van der Waals surface area contributed by atoms with Crippen molar-refractivity contribution in [2.75, 3.05) is 7.05 Å². The molecule has 22 atom stereocenters. The number of hydrogen-bond acceptors (Lipinski definition) is 9. The molecule has 9 nitrogen and oxygen atoms in total. The normalized spacial score (nSPS) is 49.2. The van der Waals surface area contributed by atoms with E-state index in [0.29, 0.717) is 75.5 Å². The summed E-state index contributed by atoms with van der Waals surface area (Å²) in [5.41, 5.74) is -3.49. The average Bonchev–Trinajstić information content (AvgIpc) is 4.05. The number of aliphatic hydroxyl groups excluding tert-OH is 2. The van der Waals surface area contributed by atoms with E-state index < -0.39 is 68.9 Å². The molecule has 9 heteroatoms. The van der Waals surface area contributed by atoms with Crippen LogP contribution >= 0.6 is 0 Å². The number of benzene rings is 2. The van der Waals surface area contributed by atoms with Gasteiger partial charge in [0.1, 0.15) is 18.0 Å². The van der Waals surface area contributed by atoms with Gasteiger partial charge in [-0.3, -0.25) is 0 Å². The van der Waals surface area contributed by atoms with Gasteiger partial charge in [0, 0.05) is 65.0 Å². The maximum atomic E-state index is 15.6. The molecule has 1 heterocycles. The highest BCUT2D eigenvalue weighted by Gasteiger charge is 2.86. The van der Waals surface area contributed by atoms with Crippen molar-refractivity contribution in [1.82, 2.24) is 5.32 Å². The highest BCUT2D eigenvalue weighted by atomic mass is 16.5. The van der Waals surface area contributed by atoms with E-state index in [-0.39, 0.29) is 72.9 Å². The van der Waals surface area contributed by atoms with Gasteiger partial charge >= 0.3 is 5.97 Å². The standard InChI is InChI=1S/C66H81NO8/c1-38(39-12-6-7-13-39)42-21-23-54-60(71)61-27-25-49-48(47(22-24-53(49)61)40-14-4-3-5-15-40)20-11-18-43-32-62-26-9-8-16-41-17-10-19-44(35-68)50(41)30-55(67-2)51-29-45(57(62)52-31-56(70)75-58(51)52)33-65(62,73)64(72)34-46(28-42)66(54,74)63(36-61,37-69)59(43)64/h3-5,10,14-15,17,19,31,37-39,42-43,45-49,51,53-55,57-60,67-68,71-74H,6-7,9,12-13,20-30,32-36H2,1-2H3/t38-,42-,43+,45-,46-,47+,48+,49+,51-,53+,54-,55-,57+,58-,59+,60+,61+,62+,63-,64-,65+,66-/m0/s1. The second-order valence-electron chi connectivity index (χ2n) is 27.5. The van der Waals surface area contributed by atoms with Crippen molar-refractivity contribution < 1.29 is 39.9 Å². The molecule has 15 rings (SSSR count). The number of ether oxygens (including phenoxy) is 1. The van der Waals surface area contributed by atoms with E-state index >= 15 is 9.90 Å². The topological polar surface area (TPSA) is 157 Å². The van der Waals surface area contributed by atoms with Crippen LogP contribution in [0.25, 0.3) is 0 Å². The van der Waals surface area contributed by atoms with Crippen LogP contribution in [0.1, 0.15) is 157 Å². The molecule has 9 saturated carbocycles. The lowest BCUT2D eigenvalue weighted by molar-refractivity contribution is -0.364. The summed E-state index contributed by atoms with van der Waals surface area (Å²) in [4.78, 5) is 29.5. The predicted octanol–water partition coefficient (Wildman–Crippen LogP) is 8.60. The number of likely N-dealkylation sites (N-methyl/N-ethyl adjacent to an activating group) is 1. The highest BCUT2D eigenvalue weighted by Crippen LogP contribution is 2.81. The molecule has 13 aliphatic rings. The SMILES string of the molecule is CN[C@H]1Cc2c(cccc2CO)C#CCC[C@]23C[C@H]4C#CC[C@H]5[C@H]6CC[C@@]7(C[C@]8(C=O)[C@@H]4[C@@](O)(C[C@@H]4C[C@@H]([C@@H](C)C9CCCC9)CC[C@@H]([C@H]7O)[C@@]48O)[C@@]2(O)C[C@@H]2C[C@@H]1[C@@H]1OC(=O)C=C1[C@@H]23)[C@@H]6CC[C@@H]5c1ccccc1. The van der Waals surface area contributed by atoms with Gasteiger partial charge in [-0.15, -0.1) is 5.92 Å². The van der Waals surface area contributed by atoms with Crippen LogP contribution in [0.2, 0.25) is 0 Å². The van der Waals surface area contributed by atoms with Gasteiger partial charge in [-0.25, -0.2) is 4.79 Å². The first-order chi connectivity index (χ1) is 36.3. The van der Waals surface area contributed by atoms with Gasteiger partial charge in [-0.2, -0.15) is 0 Å². The second-order valence-corrected chi connectivity index (χ2v) is 27.5. The van der Waals surface area contributed by atoms with Crippen molar-refractivity contribution in [3.63, 3.8) is 0 Å². The zero-order chi connectivity index (χ0) is 51.4. The van der Waals surface area contributed by atoms with Crippen LogP contribution in [-0.4, -0.2) is 79.9 Å². The molecule has 2 spiro atoms. The first-order valence-corrected chi connectivity index (χ1v) is 29.9. The van der Waals surface area contributed by atoms with E-state index in [0.717, 1.165) is 60.7 Å². The van der Waals surface area contributed by atoms with Gasteiger partial charge in [0.25, 0.3) is 0 Å².